The summed E-state index contributed by atoms with van der Waals surface area (Å²) in [5.41, 5.74) is 3.40. The lowest BCUT2D eigenvalue weighted by Gasteiger charge is -2.33. The molecule has 7 heteroatoms. The van der Waals surface area contributed by atoms with Crippen molar-refractivity contribution >= 4 is 21.6 Å². The van der Waals surface area contributed by atoms with Crippen molar-refractivity contribution in [2.24, 2.45) is 0 Å². The van der Waals surface area contributed by atoms with Crippen molar-refractivity contribution in [3.8, 4) is 5.75 Å². The third-order valence-electron chi connectivity index (χ3n) is 5.03. The van der Waals surface area contributed by atoms with Crippen LogP contribution in [0, 0.1) is 13.8 Å². The van der Waals surface area contributed by atoms with Gasteiger partial charge in [-0.25, -0.2) is 8.42 Å². The molecule has 6 nitrogen and oxygen atoms in total. The second kappa shape index (κ2) is 9.31. The van der Waals surface area contributed by atoms with Crippen LogP contribution >= 0.6 is 0 Å². The molecular formula is C22H30N2O4S. The van der Waals surface area contributed by atoms with Gasteiger partial charge in [-0.15, -0.1) is 0 Å². The zero-order chi connectivity index (χ0) is 21.8. The summed E-state index contributed by atoms with van der Waals surface area (Å²) >= 11 is 0. The Morgan fingerprint density at radius 2 is 1.76 bits per heavy atom. The Balaban J connectivity index is 2.38. The lowest BCUT2D eigenvalue weighted by Crippen LogP contribution is -2.49. The lowest BCUT2D eigenvalue weighted by atomic mass is 10.1. The number of aryl methyl sites for hydroxylation is 2. The summed E-state index contributed by atoms with van der Waals surface area (Å²) in [6.45, 7) is 6.03. The number of hydrogen-bond donors (Lipinski definition) is 0. The van der Waals surface area contributed by atoms with E-state index in [2.05, 4.69) is 0 Å². The number of carbonyl (C=O) groups excluding carboxylic acids is 1. The molecule has 1 unspecified atom stereocenters. The Morgan fingerprint density at radius 3 is 2.31 bits per heavy atom. The van der Waals surface area contributed by atoms with Gasteiger partial charge in [0, 0.05) is 19.2 Å². The number of rotatable bonds is 8. The highest BCUT2D eigenvalue weighted by atomic mass is 32.2. The molecule has 29 heavy (non-hydrogen) atoms. The van der Waals surface area contributed by atoms with E-state index in [1.807, 2.05) is 57.2 Å². The molecule has 1 atom stereocenters. The second-order valence-electron chi connectivity index (χ2n) is 7.26. The Kier molecular flexibility index (Phi) is 7.30. The smallest absolute Gasteiger partial charge is 0.246 e. The number of carbonyl (C=O) groups is 1. The topological polar surface area (TPSA) is 66.9 Å². The van der Waals surface area contributed by atoms with Crippen LogP contribution in [0.3, 0.4) is 0 Å². The molecule has 0 radical (unpaired) electrons. The molecule has 0 aliphatic carbocycles. The van der Waals surface area contributed by atoms with Gasteiger partial charge in [0.05, 0.1) is 19.1 Å². The van der Waals surface area contributed by atoms with Gasteiger partial charge >= 0.3 is 0 Å². The first-order valence-electron chi connectivity index (χ1n) is 9.53. The standard InChI is InChI=1S/C22H30N2O4S/c1-7-20(22(25)23(4)15-18-10-8-9-11-21(18)28-5)24(29(6,26)27)19-13-12-16(2)17(3)14-19/h8-14,20H,7,15H2,1-6H3. The predicted octanol–water partition coefficient (Wildman–Crippen LogP) is 3.52. The molecule has 0 aliphatic rings. The minimum atomic E-state index is -3.66. The van der Waals surface area contributed by atoms with Crippen molar-refractivity contribution in [3.05, 3.63) is 59.2 Å². The number of anilines is 1. The van der Waals surface area contributed by atoms with Gasteiger partial charge in [-0.05, 0) is 49.6 Å². The van der Waals surface area contributed by atoms with Gasteiger partial charge in [-0.3, -0.25) is 9.10 Å². The number of benzene rings is 2. The summed E-state index contributed by atoms with van der Waals surface area (Å²) in [5, 5.41) is 0. The number of amides is 1. The van der Waals surface area contributed by atoms with Crippen molar-refractivity contribution in [1.29, 1.82) is 0 Å². The maximum absolute atomic E-state index is 13.3. The molecule has 0 spiro atoms. The van der Waals surface area contributed by atoms with E-state index in [0.29, 0.717) is 24.4 Å². The molecule has 0 bridgehead atoms. The third kappa shape index (κ3) is 5.29. The highest BCUT2D eigenvalue weighted by Gasteiger charge is 2.33. The largest absolute Gasteiger partial charge is 0.496 e. The maximum atomic E-state index is 13.3. The van der Waals surface area contributed by atoms with E-state index in [1.165, 1.54) is 4.31 Å². The van der Waals surface area contributed by atoms with Gasteiger partial charge in [0.25, 0.3) is 0 Å². The molecule has 0 heterocycles. The van der Waals surface area contributed by atoms with Crippen molar-refractivity contribution < 1.29 is 17.9 Å². The summed E-state index contributed by atoms with van der Waals surface area (Å²) in [6, 6.07) is 12.1. The summed E-state index contributed by atoms with van der Waals surface area (Å²) in [6.07, 6.45) is 1.49. The van der Waals surface area contributed by atoms with Crippen LogP contribution in [-0.2, 0) is 21.4 Å². The average molecular weight is 419 g/mol. The van der Waals surface area contributed by atoms with Crippen LogP contribution in [0.4, 0.5) is 5.69 Å². The molecule has 1 amide bonds. The molecule has 158 valence electrons. The molecule has 0 N–H and O–H groups in total. The molecule has 0 saturated heterocycles. The fraction of sp³-hybridized carbons (Fsp3) is 0.409. The second-order valence-corrected chi connectivity index (χ2v) is 9.12. The van der Waals surface area contributed by atoms with Gasteiger partial charge in [-0.1, -0.05) is 31.2 Å². The van der Waals surface area contributed by atoms with Crippen LogP contribution in [0.2, 0.25) is 0 Å². The maximum Gasteiger partial charge on any atom is 0.246 e. The minimum absolute atomic E-state index is 0.262. The first kappa shape index (κ1) is 22.7. The molecule has 0 fully saturated rings. The van der Waals surface area contributed by atoms with E-state index in [1.54, 1.807) is 25.1 Å². The predicted molar refractivity (Wildman–Crippen MR) is 117 cm³/mol. The van der Waals surface area contributed by atoms with E-state index in [-0.39, 0.29) is 5.91 Å². The molecule has 2 aromatic rings. The van der Waals surface area contributed by atoms with Crippen molar-refractivity contribution in [2.75, 3.05) is 24.7 Å². The number of hydrogen-bond acceptors (Lipinski definition) is 4. The molecule has 2 aromatic carbocycles. The van der Waals surface area contributed by atoms with Crippen molar-refractivity contribution in [3.63, 3.8) is 0 Å². The van der Waals surface area contributed by atoms with Gasteiger partial charge in [0.1, 0.15) is 11.8 Å². The third-order valence-corrected chi connectivity index (χ3v) is 6.21. The fourth-order valence-corrected chi connectivity index (χ4v) is 4.53. The van der Waals surface area contributed by atoms with Crippen LogP contribution < -0.4 is 9.04 Å². The quantitative estimate of drug-likeness (QED) is 0.658. The first-order chi connectivity index (χ1) is 13.6. The fourth-order valence-electron chi connectivity index (χ4n) is 3.33. The zero-order valence-corrected chi connectivity index (χ0v) is 18.8. The molecule has 0 aliphatic heterocycles. The Bertz CT molecular complexity index is 973. The van der Waals surface area contributed by atoms with Crippen molar-refractivity contribution in [1.82, 2.24) is 4.90 Å². The Hall–Kier alpha value is -2.54. The SMILES string of the molecule is CCC(C(=O)N(C)Cc1ccccc1OC)N(c1ccc(C)c(C)c1)S(C)(=O)=O. The van der Waals surface area contributed by atoms with E-state index in [4.69, 9.17) is 4.74 Å². The Morgan fingerprint density at radius 1 is 1.10 bits per heavy atom. The number of likely N-dealkylation sites (N-methyl/N-ethyl adjacent to an activating group) is 1. The van der Waals surface area contributed by atoms with E-state index in [0.717, 1.165) is 22.9 Å². The van der Waals surface area contributed by atoms with Crippen molar-refractivity contribution in [2.45, 2.75) is 39.8 Å². The van der Waals surface area contributed by atoms with Gasteiger partial charge in [0.2, 0.25) is 15.9 Å². The van der Waals surface area contributed by atoms with Crippen LogP contribution in [0.25, 0.3) is 0 Å². The number of nitrogens with zero attached hydrogens (tertiary/aromatic N) is 2. The summed E-state index contributed by atoms with van der Waals surface area (Å²) in [4.78, 5) is 14.8. The molecule has 0 saturated carbocycles. The normalized spacial score (nSPS) is 12.3. The van der Waals surface area contributed by atoms with Gasteiger partial charge in [-0.2, -0.15) is 0 Å². The number of ether oxygens (including phenoxy) is 1. The average Bonchev–Trinajstić information content (AvgIpc) is 2.67. The summed E-state index contributed by atoms with van der Waals surface area (Å²) < 4.78 is 31.9. The van der Waals surface area contributed by atoms with Crippen LogP contribution in [0.1, 0.15) is 30.0 Å². The number of sulfonamides is 1. The Labute approximate surface area is 174 Å². The van der Waals surface area contributed by atoms with E-state index >= 15 is 0 Å². The highest BCUT2D eigenvalue weighted by Crippen LogP contribution is 2.26. The van der Waals surface area contributed by atoms with Crippen LogP contribution in [-0.4, -0.2) is 45.7 Å². The van der Waals surface area contributed by atoms with Gasteiger partial charge in [0.15, 0.2) is 0 Å². The molecule has 0 aromatic heterocycles. The number of para-hydroxylation sites is 1. The molecule has 2 rings (SSSR count). The minimum Gasteiger partial charge on any atom is -0.496 e. The lowest BCUT2D eigenvalue weighted by molar-refractivity contribution is -0.131. The zero-order valence-electron chi connectivity index (χ0n) is 18.0. The van der Waals surface area contributed by atoms with E-state index < -0.39 is 16.1 Å². The van der Waals surface area contributed by atoms with E-state index in [9.17, 15) is 13.2 Å². The van der Waals surface area contributed by atoms with Crippen LogP contribution in [0.5, 0.6) is 5.75 Å². The van der Waals surface area contributed by atoms with Gasteiger partial charge < -0.3 is 9.64 Å². The highest BCUT2D eigenvalue weighted by molar-refractivity contribution is 7.92. The monoisotopic (exact) mass is 418 g/mol. The first-order valence-corrected chi connectivity index (χ1v) is 11.4. The van der Waals surface area contributed by atoms with Crippen LogP contribution in [0.15, 0.2) is 42.5 Å². The summed E-state index contributed by atoms with van der Waals surface area (Å²) in [5.74, 6) is 0.427. The molecular weight excluding hydrogens is 388 g/mol. The number of methoxy groups -OCH3 is 1. The summed E-state index contributed by atoms with van der Waals surface area (Å²) in [7, 11) is -0.399.